The van der Waals surface area contributed by atoms with Gasteiger partial charge in [-0.1, -0.05) is 13.8 Å². The molecule has 0 aromatic carbocycles. The molecule has 2 aliphatic heterocycles. The van der Waals surface area contributed by atoms with E-state index in [0.29, 0.717) is 6.54 Å². The Labute approximate surface area is 114 Å². The molecule has 1 atom stereocenters. The maximum atomic E-state index is 12.5. The number of aliphatic carboxylic acids is 1. The molecule has 2 heterocycles. The first-order valence-corrected chi connectivity index (χ1v) is 7.22. The zero-order chi connectivity index (χ0) is 14.0. The Morgan fingerprint density at radius 1 is 1.05 bits per heavy atom. The SMILES string of the molecule is CC1(C)CCCN(C(=O)N2CCCCC2)C1C(=O)O. The lowest BCUT2D eigenvalue weighted by atomic mass is 9.76. The summed E-state index contributed by atoms with van der Waals surface area (Å²) >= 11 is 0. The lowest BCUT2D eigenvalue weighted by Gasteiger charge is -2.45. The average molecular weight is 268 g/mol. The van der Waals surface area contributed by atoms with Crippen LogP contribution in [0.1, 0.15) is 46.0 Å². The van der Waals surface area contributed by atoms with Crippen LogP contribution in [0.3, 0.4) is 0 Å². The number of hydrogen-bond acceptors (Lipinski definition) is 2. The molecule has 0 aromatic rings. The lowest BCUT2D eigenvalue weighted by molar-refractivity contribution is -0.148. The Hall–Kier alpha value is -1.26. The monoisotopic (exact) mass is 268 g/mol. The van der Waals surface area contributed by atoms with Gasteiger partial charge in [-0.25, -0.2) is 9.59 Å². The molecule has 0 aromatic heterocycles. The lowest BCUT2D eigenvalue weighted by Crippen LogP contribution is -2.59. The van der Waals surface area contributed by atoms with Crippen LogP contribution in [0.25, 0.3) is 0 Å². The van der Waals surface area contributed by atoms with Crippen molar-refractivity contribution in [3.8, 4) is 0 Å². The molecule has 108 valence electrons. The number of carboxylic acids is 1. The summed E-state index contributed by atoms with van der Waals surface area (Å²) in [5.41, 5.74) is -0.352. The highest BCUT2D eigenvalue weighted by Gasteiger charge is 2.45. The molecule has 5 heteroatoms. The van der Waals surface area contributed by atoms with Crippen molar-refractivity contribution in [2.45, 2.75) is 52.0 Å². The normalized spacial score (nSPS) is 27.2. The molecule has 2 rings (SSSR count). The van der Waals surface area contributed by atoms with E-state index in [0.717, 1.165) is 45.2 Å². The standard InChI is InChI=1S/C14H24N2O3/c1-14(2)7-6-10-16(11(14)12(17)18)13(19)15-8-4-3-5-9-15/h11H,3-10H2,1-2H3,(H,17,18). The number of carbonyl (C=O) groups is 2. The van der Waals surface area contributed by atoms with Crippen LogP contribution < -0.4 is 0 Å². The predicted octanol–water partition coefficient (Wildman–Crippen LogP) is 2.17. The van der Waals surface area contributed by atoms with Crippen molar-refractivity contribution < 1.29 is 14.7 Å². The van der Waals surface area contributed by atoms with Gasteiger partial charge >= 0.3 is 12.0 Å². The average Bonchev–Trinajstić information content (AvgIpc) is 2.37. The van der Waals surface area contributed by atoms with Gasteiger partial charge in [-0.05, 0) is 37.5 Å². The van der Waals surface area contributed by atoms with E-state index >= 15 is 0 Å². The smallest absolute Gasteiger partial charge is 0.327 e. The van der Waals surface area contributed by atoms with Crippen molar-refractivity contribution in [2.75, 3.05) is 19.6 Å². The third kappa shape index (κ3) is 2.85. The summed E-state index contributed by atoms with van der Waals surface area (Å²) in [6, 6.07) is -0.782. The molecule has 1 N–H and O–H groups in total. The van der Waals surface area contributed by atoms with Gasteiger partial charge in [0.05, 0.1) is 0 Å². The van der Waals surface area contributed by atoms with Gasteiger partial charge in [0.1, 0.15) is 6.04 Å². The highest BCUT2D eigenvalue weighted by molar-refractivity contribution is 5.83. The van der Waals surface area contributed by atoms with Crippen LogP contribution in [-0.2, 0) is 4.79 Å². The number of likely N-dealkylation sites (tertiary alicyclic amines) is 2. The van der Waals surface area contributed by atoms with Gasteiger partial charge in [0.15, 0.2) is 0 Å². The first kappa shape index (κ1) is 14.2. The summed E-state index contributed by atoms with van der Waals surface area (Å²) in [5.74, 6) is -0.880. The van der Waals surface area contributed by atoms with Crippen LogP contribution in [0, 0.1) is 5.41 Å². The van der Waals surface area contributed by atoms with Crippen LogP contribution >= 0.6 is 0 Å². The molecule has 0 bridgehead atoms. The quantitative estimate of drug-likeness (QED) is 0.792. The van der Waals surface area contributed by atoms with Crippen molar-refractivity contribution in [3.63, 3.8) is 0 Å². The predicted molar refractivity (Wildman–Crippen MR) is 72.0 cm³/mol. The third-order valence-corrected chi connectivity index (χ3v) is 4.38. The summed E-state index contributed by atoms with van der Waals surface area (Å²) in [6.07, 6.45) is 4.96. The number of rotatable bonds is 1. The van der Waals surface area contributed by atoms with Crippen molar-refractivity contribution >= 4 is 12.0 Å². The van der Waals surface area contributed by atoms with Gasteiger partial charge in [-0.15, -0.1) is 0 Å². The molecular formula is C14H24N2O3. The topological polar surface area (TPSA) is 60.9 Å². The zero-order valence-electron chi connectivity index (χ0n) is 11.9. The van der Waals surface area contributed by atoms with Crippen LogP contribution in [0.4, 0.5) is 4.79 Å². The fourth-order valence-electron chi connectivity index (χ4n) is 3.33. The zero-order valence-corrected chi connectivity index (χ0v) is 11.9. The van der Waals surface area contributed by atoms with Gasteiger partial charge in [-0.2, -0.15) is 0 Å². The van der Waals surface area contributed by atoms with Crippen LogP contribution in [-0.4, -0.2) is 52.6 Å². The van der Waals surface area contributed by atoms with E-state index < -0.39 is 12.0 Å². The highest BCUT2D eigenvalue weighted by atomic mass is 16.4. The molecule has 0 spiro atoms. The van der Waals surface area contributed by atoms with Gasteiger partial charge in [-0.3, -0.25) is 0 Å². The van der Waals surface area contributed by atoms with E-state index in [1.807, 2.05) is 18.7 Å². The minimum Gasteiger partial charge on any atom is -0.480 e. The molecule has 0 aliphatic carbocycles. The van der Waals surface area contributed by atoms with Crippen molar-refractivity contribution in [2.24, 2.45) is 5.41 Å². The minimum absolute atomic E-state index is 0.0834. The summed E-state index contributed by atoms with van der Waals surface area (Å²) < 4.78 is 0. The molecular weight excluding hydrogens is 244 g/mol. The third-order valence-electron chi connectivity index (χ3n) is 4.38. The van der Waals surface area contributed by atoms with Crippen LogP contribution in [0.15, 0.2) is 0 Å². The summed E-state index contributed by atoms with van der Waals surface area (Å²) in [7, 11) is 0. The van der Waals surface area contributed by atoms with E-state index in [2.05, 4.69) is 0 Å². The largest absolute Gasteiger partial charge is 0.480 e. The second kappa shape index (κ2) is 5.39. The molecule has 19 heavy (non-hydrogen) atoms. The molecule has 0 radical (unpaired) electrons. The summed E-state index contributed by atoms with van der Waals surface area (Å²) in [6.45, 7) is 5.99. The Kier molecular flexibility index (Phi) is 4.02. The van der Waals surface area contributed by atoms with Gasteiger partial charge in [0, 0.05) is 19.6 Å². The molecule has 2 fully saturated rings. The van der Waals surface area contributed by atoms with Crippen LogP contribution in [0.5, 0.6) is 0 Å². The first-order chi connectivity index (χ1) is 8.93. The van der Waals surface area contributed by atoms with Gasteiger partial charge in [0.2, 0.25) is 0 Å². The number of urea groups is 1. The van der Waals surface area contributed by atoms with E-state index in [1.54, 1.807) is 4.90 Å². The van der Waals surface area contributed by atoms with E-state index in [-0.39, 0.29) is 11.4 Å². The maximum absolute atomic E-state index is 12.5. The van der Waals surface area contributed by atoms with E-state index in [9.17, 15) is 14.7 Å². The molecule has 2 amide bonds. The molecule has 5 nitrogen and oxygen atoms in total. The van der Waals surface area contributed by atoms with Crippen molar-refractivity contribution in [1.29, 1.82) is 0 Å². The number of hydrogen-bond donors (Lipinski definition) is 1. The summed E-state index contributed by atoms with van der Waals surface area (Å²) in [5, 5.41) is 9.48. The summed E-state index contributed by atoms with van der Waals surface area (Å²) in [4.78, 5) is 27.5. The molecule has 2 aliphatic rings. The number of amides is 2. The molecule has 2 saturated heterocycles. The van der Waals surface area contributed by atoms with Crippen molar-refractivity contribution in [3.05, 3.63) is 0 Å². The number of nitrogens with zero attached hydrogens (tertiary/aromatic N) is 2. The Balaban J connectivity index is 2.15. The van der Waals surface area contributed by atoms with Crippen LogP contribution in [0.2, 0.25) is 0 Å². The van der Waals surface area contributed by atoms with E-state index in [1.165, 1.54) is 0 Å². The minimum atomic E-state index is -0.880. The highest BCUT2D eigenvalue weighted by Crippen LogP contribution is 2.36. The number of carbonyl (C=O) groups excluding carboxylic acids is 1. The second-order valence-corrected chi connectivity index (χ2v) is 6.36. The molecule has 1 unspecified atom stereocenters. The Morgan fingerprint density at radius 2 is 1.68 bits per heavy atom. The fraction of sp³-hybridized carbons (Fsp3) is 0.857. The van der Waals surface area contributed by atoms with E-state index in [4.69, 9.17) is 0 Å². The Bertz CT molecular complexity index is 362. The number of carboxylic acid groups (broad SMARTS) is 1. The first-order valence-electron chi connectivity index (χ1n) is 7.22. The fourth-order valence-corrected chi connectivity index (χ4v) is 3.33. The molecule has 0 saturated carbocycles. The van der Waals surface area contributed by atoms with Gasteiger partial charge < -0.3 is 14.9 Å². The maximum Gasteiger partial charge on any atom is 0.327 e. The van der Waals surface area contributed by atoms with Crippen molar-refractivity contribution in [1.82, 2.24) is 9.80 Å². The number of piperidine rings is 2. The van der Waals surface area contributed by atoms with Gasteiger partial charge in [0.25, 0.3) is 0 Å². The Morgan fingerprint density at radius 3 is 2.26 bits per heavy atom. The second-order valence-electron chi connectivity index (χ2n) is 6.36.